The van der Waals surface area contributed by atoms with Gasteiger partial charge in [0.05, 0.1) is 18.8 Å². The summed E-state index contributed by atoms with van der Waals surface area (Å²) in [5, 5.41) is 10.6. The molecule has 0 spiro atoms. The van der Waals surface area contributed by atoms with E-state index in [1.807, 2.05) is 13.8 Å². The minimum atomic E-state index is 0.562. The van der Waals surface area contributed by atoms with Crippen molar-refractivity contribution in [3.05, 3.63) is 46.3 Å². The fourth-order valence-corrected chi connectivity index (χ4v) is 2.95. The number of benzene rings is 1. The first-order valence-corrected chi connectivity index (χ1v) is 8.86. The van der Waals surface area contributed by atoms with Crippen LogP contribution in [0.25, 0.3) is 0 Å². The van der Waals surface area contributed by atoms with Gasteiger partial charge in [-0.3, -0.25) is 0 Å². The number of ether oxygens (including phenoxy) is 1. The van der Waals surface area contributed by atoms with Gasteiger partial charge in [0.25, 0.3) is 0 Å². The van der Waals surface area contributed by atoms with Gasteiger partial charge in [0, 0.05) is 25.1 Å². The lowest BCUT2D eigenvalue weighted by atomic mass is 10.1. The first-order chi connectivity index (χ1) is 12.2. The molecule has 134 valence electrons. The van der Waals surface area contributed by atoms with Crippen molar-refractivity contribution in [3.8, 4) is 5.75 Å². The van der Waals surface area contributed by atoms with Crippen LogP contribution in [0.15, 0.2) is 27.7 Å². The molecule has 0 saturated carbocycles. The third-order valence-electron chi connectivity index (χ3n) is 4.38. The van der Waals surface area contributed by atoms with E-state index in [2.05, 4.69) is 45.9 Å². The minimum absolute atomic E-state index is 0.562. The Hall–Kier alpha value is -2.50. The standard InChI is InChI=1S/C19H26N4O2/c1-4-20-19(22-12-17-13(2)23-25-14(17)3)21-9-7-15-5-6-18-16(11-15)8-10-24-18/h5-6,11H,4,7-10,12H2,1-3H3,(H2,20,21,22). The molecule has 2 aromatic rings. The lowest BCUT2D eigenvalue weighted by molar-refractivity contribution is 0.357. The fourth-order valence-electron chi connectivity index (χ4n) is 2.95. The first kappa shape index (κ1) is 17.3. The number of hydrogen-bond acceptors (Lipinski definition) is 4. The van der Waals surface area contributed by atoms with Crippen LogP contribution in [0.3, 0.4) is 0 Å². The van der Waals surface area contributed by atoms with Crippen LogP contribution >= 0.6 is 0 Å². The molecule has 1 aromatic carbocycles. The van der Waals surface area contributed by atoms with Gasteiger partial charge in [-0.1, -0.05) is 17.3 Å². The van der Waals surface area contributed by atoms with Crippen LogP contribution in [0, 0.1) is 13.8 Å². The van der Waals surface area contributed by atoms with Crippen molar-refractivity contribution in [1.82, 2.24) is 15.8 Å². The molecule has 0 unspecified atom stereocenters. The molecule has 0 atom stereocenters. The molecule has 6 nitrogen and oxygen atoms in total. The van der Waals surface area contributed by atoms with E-state index in [-0.39, 0.29) is 0 Å². The zero-order valence-electron chi connectivity index (χ0n) is 15.2. The van der Waals surface area contributed by atoms with Crippen LogP contribution in [-0.2, 0) is 19.4 Å². The zero-order chi connectivity index (χ0) is 17.6. The number of hydrogen-bond donors (Lipinski definition) is 2. The highest BCUT2D eigenvalue weighted by Gasteiger charge is 2.12. The Balaban J connectivity index is 1.55. The van der Waals surface area contributed by atoms with Gasteiger partial charge in [-0.2, -0.15) is 0 Å². The molecule has 0 amide bonds. The molecule has 0 saturated heterocycles. The Morgan fingerprint density at radius 2 is 2.16 bits per heavy atom. The molecular weight excluding hydrogens is 316 g/mol. The lowest BCUT2D eigenvalue weighted by Crippen LogP contribution is -2.38. The van der Waals surface area contributed by atoms with Crippen molar-refractivity contribution in [2.45, 2.75) is 40.2 Å². The van der Waals surface area contributed by atoms with Crippen LogP contribution in [0.2, 0.25) is 0 Å². The van der Waals surface area contributed by atoms with Crippen molar-refractivity contribution >= 4 is 5.96 Å². The summed E-state index contributed by atoms with van der Waals surface area (Å²) in [4.78, 5) is 4.64. The quantitative estimate of drug-likeness (QED) is 0.623. The number of guanidine groups is 1. The predicted octanol–water partition coefficient (Wildman–Crippen LogP) is 2.52. The Kier molecular flexibility index (Phi) is 5.58. The molecule has 1 aliphatic heterocycles. The number of fused-ring (bicyclic) bond motifs is 1. The van der Waals surface area contributed by atoms with Gasteiger partial charge in [0.1, 0.15) is 11.5 Å². The summed E-state index contributed by atoms with van der Waals surface area (Å²) in [6.45, 7) is 8.94. The van der Waals surface area contributed by atoms with Crippen molar-refractivity contribution in [2.24, 2.45) is 4.99 Å². The number of nitrogens with one attached hydrogen (secondary N) is 2. The largest absolute Gasteiger partial charge is 0.493 e. The zero-order valence-corrected chi connectivity index (χ0v) is 15.2. The topological polar surface area (TPSA) is 71.7 Å². The molecule has 6 heteroatoms. The molecule has 2 heterocycles. The third kappa shape index (κ3) is 4.32. The van der Waals surface area contributed by atoms with Crippen LogP contribution in [0.5, 0.6) is 5.75 Å². The molecular formula is C19H26N4O2. The van der Waals surface area contributed by atoms with Crippen molar-refractivity contribution in [1.29, 1.82) is 0 Å². The fraction of sp³-hybridized carbons (Fsp3) is 0.474. The van der Waals surface area contributed by atoms with Crippen LogP contribution in [0.1, 0.15) is 35.1 Å². The second-order valence-corrected chi connectivity index (χ2v) is 6.22. The maximum absolute atomic E-state index is 5.56. The van der Waals surface area contributed by atoms with Crippen LogP contribution in [0.4, 0.5) is 0 Å². The molecule has 0 aliphatic carbocycles. The summed E-state index contributed by atoms with van der Waals surface area (Å²) < 4.78 is 10.7. The Labute approximate surface area is 148 Å². The van der Waals surface area contributed by atoms with E-state index in [0.29, 0.717) is 6.54 Å². The normalized spacial score (nSPS) is 13.5. The van der Waals surface area contributed by atoms with Gasteiger partial charge in [-0.15, -0.1) is 0 Å². The van der Waals surface area contributed by atoms with Gasteiger partial charge in [0.2, 0.25) is 0 Å². The molecule has 25 heavy (non-hydrogen) atoms. The second-order valence-electron chi connectivity index (χ2n) is 6.22. The number of aromatic nitrogens is 1. The number of aryl methyl sites for hydroxylation is 2. The molecule has 1 aromatic heterocycles. The van der Waals surface area contributed by atoms with E-state index in [4.69, 9.17) is 9.26 Å². The average molecular weight is 342 g/mol. The number of nitrogens with zero attached hydrogens (tertiary/aromatic N) is 2. The van der Waals surface area contributed by atoms with Crippen molar-refractivity contribution in [2.75, 3.05) is 19.7 Å². The van der Waals surface area contributed by atoms with E-state index >= 15 is 0 Å². The summed E-state index contributed by atoms with van der Waals surface area (Å²) in [5.74, 6) is 2.68. The second kappa shape index (κ2) is 8.05. The molecule has 0 bridgehead atoms. The first-order valence-electron chi connectivity index (χ1n) is 8.86. The Bertz CT molecular complexity index is 732. The summed E-state index contributed by atoms with van der Waals surface area (Å²) in [5.41, 5.74) is 4.59. The van der Waals surface area contributed by atoms with E-state index in [9.17, 15) is 0 Å². The molecule has 2 N–H and O–H groups in total. The van der Waals surface area contributed by atoms with E-state index in [1.165, 1.54) is 11.1 Å². The SMILES string of the molecule is CCNC(=NCc1c(C)noc1C)NCCc1ccc2c(c1)CCO2. The summed E-state index contributed by atoms with van der Waals surface area (Å²) in [6, 6.07) is 6.46. The van der Waals surface area contributed by atoms with E-state index in [1.54, 1.807) is 0 Å². The Morgan fingerprint density at radius 3 is 2.92 bits per heavy atom. The number of aliphatic imine (C=N–C) groups is 1. The van der Waals surface area contributed by atoms with Crippen molar-refractivity contribution < 1.29 is 9.26 Å². The highest BCUT2D eigenvalue weighted by atomic mass is 16.5. The minimum Gasteiger partial charge on any atom is -0.493 e. The smallest absolute Gasteiger partial charge is 0.191 e. The van der Waals surface area contributed by atoms with Gasteiger partial charge in [-0.05, 0) is 44.4 Å². The van der Waals surface area contributed by atoms with Crippen molar-refractivity contribution in [3.63, 3.8) is 0 Å². The highest BCUT2D eigenvalue weighted by Crippen LogP contribution is 2.25. The van der Waals surface area contributed by atoms with Gasteiger partial charge >= 0.3 is 0 Å². The average Bonchev–Trinajstić information content (AvgIpc) is 3.19. The third-order valence-corrected chi connectivity index (χ3v) is 4.38. The summed E-state index contributed by atoms with van der Waals surface area (Å²) in [7, 11) is 0. The summed E-state index contributed by atoms with van der Waals surface area (Å²) in [6.07, 6.45) is 1.96. The van der Waals surface area contributed by atoms with Gasteiger partial charge in [0.15, 0.2) is 5.96 Å². The summed E-state index contributed by atoms with van der Waals surface area (Å²) >= 11 is 0. The predicted molar refractivity (Wildman–Crippen MR) is 98.1 cm³/mol. The molecule has 1 aliphatic rings. The number of rotatable bonds is 6. The maximum atomic E-state index is 5.56. The van der Waals surface area contributed by atoms with Gasteiger partial charge in [-0.25, -0.2) is 4.99 Å². The van der Waals surface area contributed by atoms with Gasteiger partial charge < -0.3 is 19.9 Å². The molecule has 0 radical (unpaired) electrons. The molecule has 3 rings (SSSR count). The highest BCUT2D eigenvalue weighted by molar-refractivity contribution is 5.79. The van der Waals surface area contributed by atoms with Crippen LogP contribution in [-0.4, -0.2) is 30.8 Å². The lowest BCUT2D eigenvalue weighted by Gasteiger charge is -2.11. The maximum Gasteiger partial charge on any atom is 0.191 e. The van der Waals surface area contributed by atoms with E-state index in [0.717, 1.165) is 61.3 Å². The monoisotopic (exact) mass is 342 g/mol. The Morgan fingerprint density at radius 1 is 1.28 bits per heavy atom. The van der Waals surface area contributed by atoms with Crippen LogP contribution < -0.4 is 15.4 Å². The molecule has 0 fully saturated rings. The van der Waals surface area contributed by atoms with E-state index < -0.39 is 0 Å².